The second kappa shape index (κ2) is 24.0. The predicted molar refractivity (Wildman–Crippen MR) is 176 cm³/mol. The minimum Gasteiger partial charge on any atom is -0.490 e. The Labute approximate surface area is 252 Å². The van der Waals surface area contributed by atoms with Gasteiger partial charge in [-0.15, -0.1) is 11.6 Å². The van der Waals surface area contributed by atoms with Gasteiger partial charge >= 0.3 is 0 Å². The van der Waals surface area contributed by atoms with E-state index in [-0.39, 0.29) is 0 Å². The van der Waals surface area contributed by atoms with Crippen molar-refractivity contribution in [1.82, 2.24) is 0 Å². The minimum absolute atomic E-state index is 0.541. The number of rotatable bonds is 26. The second-order valence-corrected chi connectivity index (χ2v) is 11.8. The molecular formula is C37H59ClO2. The molecule has 0 saturated carbocycles. The highest BCUT2D eigenvalue weighted by Crippen LogP contribution is 2.33. The Morgan fingerprint density at radius 3 is 1.30 bits per heavy atom. The third-order valence-corrected chi connectivity index (χ3v) is 8.20. The number of alkyl halides is 1. The van der Waals surface area contributed by atoms with Crippen LogP contribution in [0.3, 0.4) is 0 Å². The summed E-state index contributed by atoms with van der Waals surface area (Å²) in [5, 5.41) is 0. The van der Waals surface area contributed by atoms with Gasteiger partial charge in [0.25, 0.3) is 0 Å². The zero-order chi connectivity index (χ0) is 28.5. The molecule has 40 heavy (non-hydrogen) atoms. The van der Waals surface area contributed by atoms with E-state index in [0.29, 0.717) is 5.88 Å². The topological polar surface area (TPSA) is 18.5 Å². The maximum Gasteiger partial charge on any atom is 0.161 e. The summed E-state index contributed by atoms with van der Waals surface area (Å²) < 4.78 is 12.6. The molecule has 0 N–H and O–H groups in total. The van der Waals surface area contributed by atoms with Crippen LogP contribution in [0, 0.1) is 0 Å². The van der Waals surface area contributed by atoms with Crippen molar-refractivity contribution < 1.29 is 9.47 Å². The SMILES string of the molecule is CCCCCCCCCCCCOc1ccc(-c2ccc(CCl)cc2)cc1OCCCCCCCCCCCC. The fourth-order valence-corrected chi connectivity index (χ4v) is 5.43. The molecule has 2 aromatic carbocycles. The largest absolute Gasteiger partial charge is 0.490 e. The molecule has 0 amide bonds. The highest BCUT2D eigenvalue weighted by atomic mass is 35.5. The Morgan fingerprint density at radius 2 is 0.850 bits per heavy atom. The summed E-state index contributed by atoms with van der Waals surface area (Å²) in [6, 6.07) is 14.9. The van der Waals surface area contributed by atoms with E-state index in [4.69, 9.17) is 21.1 Å². The average Bonchev–Trinajstić information content (AvgIpc) is 2.99. The van der Waals surface area contributed by atoms with Crippen molar-refractivity contribution in [1.29, 1.82) is 0 Å². The maximum atomic E-state index is 6.32. The van der Waals surface area contributed by atoms with Crippen LogP contribution in [0.25, 0.3) is 11.1 Å². The lowest BCUT2D eigenvalue weighted by molar-refractivity contribution is 0.258. The van der Waals surface area contributed by atoms with Crippen LogP contribution in [0.15, 0.2) is 42.5 Å². The van der Waals surface area contributed by atoms with Gasteiger partial charge in [0.2, 0.25) is 0 Å². The van der Waals surface area contributed by atoms with Crippen molar-refractivity contribution in [3.8, 4) is 22.6 Å². The summed E-state index contributed by atoms with van der Waals surface area (Å²) >= 11 is 5.99. The first-order chi connectivity index (χ1) is 19.8. The van der Waals surface area contributed by atoms with Gasteiger partial charge in [0.15, 0.2) is 11.5 Å². The number of benzene rings is 2. The number of ether oxygens (including phenoxy) is 2. The van der Waals surface area contributed by atoms with Gasteiger partial charge in [0.1, 0.15) is 0 Å². The Kier molecular flexibility index (Phi) is 20.7. The molecule has 2 rings (SSSR count). The lowest BCUT2D eigenvalue weighted by Crippen LogP contribution is -2.03. The molecular weight excluding hydrogens is 512 g/mol. The number of halogens is 1. The van der Waals surface area contributed by atoms with Crippen molar-refractivity contribution in [3.63, 3.8) is 0 Å². The smallest absolute Gasteiger partial charge is 0.161 e. The molecule has 0 spiro atoms. The van der Waals surface area contributed by atoms with Crippen LogP contribution >= 0.6 is 11.6 Å². The Bertz CT molecular complexity index is 848. The Hall–Kier alpha value is -1.67. The van der Waals surface area contributed by atoms with E-state index in [1.54, 1.807) is 0 Å². The molecule has 0 unspecified atom stereocenters. The molecule has 0 heterocycles. The molecule has 3 heteroatoms. The molecule has 0 aliphatic heterocycles. The van der Waals surface area contributed by atoms with Gasteiger partial charge < -0.3 is 9.47 Å². The van der Waals surface area contributed by atoms with Crippen LogP contribution in [-0.4, -0.2) is 13.2 Å². The molecule has 226 valence electrons. The summed E-state index contributed by atoms with van der Waals surface area (Å²) in [5.41, 5.74) is 3.48. The summed E-state index contributed by atoms with van der Waals surface area (Å²) in [4.78, 5) is 0. The van der Waals surface area contributed by atoms with Gasteiger partial charge in [-0.25, -0.2) is 0 Å². The fraction of sp³-hybridized carbons (Fsp3) is 0.676. The van der Waals surface area contributed by atoms with Gasteiger partial charge in [-0.2, -0.15) is 0 Å². The first kappa shape index (κ1) is 34.5. The van der Waals surface area contributed by atoms with Crippen molar-refractivity contribution in [3.05, 3.63) is 48.0 Å². The quantitative estimate of drug-likeness (QED) is 0.0826. The molecule has 0 saturated heterocycles. The number of hydrogen-bond donors (Lipinski definition) is 0. The second-order valence-electron chi connectivity index (χ2n) is 11.6. The highest BCUT2D eigenvalue weighted by Gasteiger charge is 2.09. The van der Waals surface area contributed by atoms with Gasteiger partial charge in [-0.3, -0.25) is 0 Å². The van der Waals surface area contributed by atoms with Crippen molar-refractivity contribution in [2.24, 2.45) is 0 Å². The first-order valence-corrected chi connectivity index (χ1v) is 17.4. The number of unbranched alkanes of at least 4 members (excludes halogenated alkanes) is 18. The third-order valence-electron chi connectivity index (χ3n) is 7.90. The van der Waals surface area contributed by atoms with Gasteiger partial charge in [-0.05, 0) is 41.7 Å². The molecule has 0 aromatic heterocycles. The van der Waals surface area contributed by atoms with E-state index in [1.807, 2.05) is 0 Å². The lowest BCUT2D eigenvalue weighted by atomic mass is 10.0. The standard InChI is InChI=1S/C37H59ClO2/c1-3-5-7-9-11-13-15-17-19-21-29-39-36-28-27-35(34-25-23-33(32-38)24-26-34)31-37(36)40-30-22-20-18-16-14-12-10-8-6-4-2/h23-28,31H,3-22,29-30,32H2,1-2H3. The average molecular weight is 571 g/mol. The highest BCUT2D eigenvalue weighted by molar-refractivity contribution is 6.17. The molecule has 0 bridgehead atoms. The van der Waals surface area contributed by atoms with Gasteiger partial charge in [0.05, 0.1) is 13.2 Å². The molecule has 0 atom stereocenters. The summed E-state index contributed by atoms with van der Waals surface area (Å²) in [7, 11) is 0. The molecule has 0 aliphatic rings. The summed E-state index contributed by atoms with van der Waals surface area (Å²) in [5.74, 6) is 2.30. The van der Waals surface area contributed by atoms with E-state index in [0.717, 1.165) is 48.7 Å². The van der Waals surface area contributed by atoms with Crippen molar-refractivity contribution in [2.45, 2.75) is 148 Å². The minimum atomic E-state index is 0.541. The van der Waals surface area contributed by atoms with Crippen molar-refractivity contribution >= 4 is 11.6 Å². The summed E-state index contributed by atoms with van der Waals surface area (Å²) in [6.07, 6.45) is 26.7. The van der Waals surface area contributed by atoms with Gasteiger partial charge in [0, 0.05) is 5.88 Å². The van der Waals surface area contributed by atoms with Crippen LogP contribution in [0.2, 0.25) is 0 Å². The summed E-state index contributed by atoms with van der Waals surface area (Å²) in [6.45, 7) is 6.07. The Balaban J connectivity index is 1.76. The van der Waals surface area contributed by atoms with E-state index < -0.39 is 0 Å². The lowest BCUT2D eigenvalue weighted by Gasteiger charge is -2.15. The van der Waals surface area contributed by atoms with Crippen LogP contribution in [0.1, 0.15) is 148 Å². The van der Waals surface area contributed by atoms with Crippen LogP contribution in [0.4, 0.5) is 0 Å². The van der Waals surface area contributed by atoms with E-state index >= 15 is 0 Å². The molecule has 2 aromatic rings. The molecule has 2 nitrogen and oxygen atoms in total. The molecule has 0 radical (unpaired) electrons. The first-order valence-electron chi connectivity index (χ1n) is 16.8. The predicted octanol–water partition coefficient (Wildman–Crippen LogP) is 12.7. The van der Waals surface area contributed by atoms with Crippen LogP contribution in [0.5, 0.6) is 11.5 Å². The van der Waals surface area contributed by atoms with Gasteiger partial charge in [-0.1, -0.05) is 160 Å². The van der Waals surface area contributed by atoms with Crippen molar-refractivity contribution in [2.75, 3.05) is 13.2 Å². The van der Waals surface area contributed by atoms with E-state index in [9.17, 15) is 0 Å². The molecule has 0 aliphatic carbocycles. The monoisotopic (exact) mass is 570 g/mol. The zero-order valence-electron chi connectivity index (χ0n) is 26.0. The van der Waals surface area contributed by atoms with E-state index in [2.05, 4.69) is 56.3 Å². The maximum absolute atomic E-state index is 6.32. The Morgan fingerprint density at radius 1 is 0.450 bits per heavy atom. The zero-order valence-corrected chi connectivity index (χ0v) is 26.8. The van der Waals surface area contributed by atoms with Crippen LogP contribution < -0.4 is 9.47 Å². The molecule has 0 fully saturated rings. The number of hydrogen-bond acceptors (Lipinski definition) is 2. The normalized spacial score (nSPS) is 11.2. The van der Waals surface area contributed by atoms with Crippen LogP contribution in [-0.2, 0) is 5.88 Å². The van der Waals surface area contributed by atoms with E-state index in [1.165, 1.54) is 121 Å². The third kappa shape index (κ3) is 15.9. The fourth-order valence-electron chi connectivity index (χ4n) is 5.25.